The van der Waals surface area contributed by atoms with Crippen molar-refractivity contribution in [1.29, 1.82) is 0 Å². The normalized spacial score (nSPS) is 23.0. The number of benzene rings is 1. The lowest BCUT2D eigenvalue weighted by atomic mass is 10.1. The molecule has 3 heteroatoms. The number of hydrogen-bond donors (Lipinski definition) is 2. The Morgan fingerprint density at radius 3 is 2.54 bits per heavy atom. The fraction of sp³-hybridized carbons (Fsp3) is 0.400. The fourth-order valence-corrected chi connectivity index (χ4v) is 1.58. The second-order valence-corrected chi connectivity index (χ2v) is 3.26. The summed E-state index contributed by atoms with van der Waals surface area (Å²) < 4.78 is 12.6. The highest BCUT2D eigenvalue weighted by Gasteiger charge is 2.13. The molecule has 1 aliphatic heterocycles. The standard InChI is InChI=1S/C10H13FN2/c11-9-3-1-8(2-4-9)10-7-12-5-6-13-10/h1-4,10,12-13H,5-7H2/t10-/m1/s1. The molecule has 2 nitrogen and oxygen atoms in total. The summed E-state index contributed by atoms with van der Waals surface area (Å²) in [5, 5.41) is 6.66. The number of nitrogens with one attached hydrogen (secondary N) is 2. The van der Waals surface area contributed by atoms with Crippen molar-refractivity contribution in [3.63, 3.8) is 0 Å². The molecule has 0 aliphatic carbocycles. The molecule has 1 aromatic carbocycles. The van der Waals surface area contributed by atoms with Crippen LogP contribution < -0.4 is 10.6 Å². The van der Waals surface area contributed by atoms with Crippen LogP contribution in [0.25, 0.3) is 0 Å². The molecule has 0 amide bonds. The molecule has 0 aromatic heterocycles. The third-order valence-corrected chi connectivity index (χ3v) is 2.31. The number of halogens is 1. The van der Waals surface area contributed by atoms with Gasteiger partial charge >= 0.3 is 0 Å². The summed E-state index contributed by atoms with van der Waals surface area (Å²) in [4.78, 5) is 0. The molecule has 1 aliphatic rings. The molecule has 0 saturated carbocycles. The lowest BCUT2D eigenvalue weighted by Gasteiger charge is -2.24. The van der Waals surface area contributed by atoms with Crippen LogP contribution in [0.1, 0.15) is 11.6 Å². The highest BCUT2D eigenvalue weighted by atomic mass is 19.1. The highest BCUT2D eigenvalue weighted by Crippen LogP contribution is 2.13. The molecule has 0 spiro atoms. The van der Waals surface area contributed by atoms with Gasteiger partial charge in [-0.15, -0.1) is 0 Å². The largest absolute Gasteiger partial charge is 0.314 e. The maximum atomic E-state index is 12.6. The maximum absolute atomic E-state index is 12.6. The van der Waals surface area contributed by atoms with E-state index in [9.17, 15) is 4.39 Å². The van der Waals surface area contributed by atoms with Gasteiger partial charge in [0.15, 0.2) is 0 Å². The summed E-state index contributed by atoms with van der Waals surface area (Å²) in [5.41, 5.74) is 1.15. The molecule has 0 unspecified atom stereocenters. The van der Waals surface area contributed by atoms with E-state index in [1.807, 2.05) is 12.1 Å². The van der Waals surface area contributed by atoms with Crippen LogP contribution in [-0.2, 0) is 0 Å². The maximum Gasteiger partial charge on any atom is 0.123 e. The van der Waals surface area contributed by atoms with Gasteiger partial charge < -0.3 is 10.6 Å². The van der Waals surface area contributed by atoms with Crippen molar-refractivity contribution >= 4 is 0 Å². The van der Waals surface area contributed by atoms with E-state index in [1.54, 1.807) is 0 Å². The van der Waals surface area contributed by atoms with E-state index >= 15 is 0 Å². The average Bonchev–Trinajstić information content (AvgIpc) is 2.20. The predicted molar refractivity (Wildman–Crippen MR) is 50.0 cm³/mol. The zero-order chi connectivity index (χ0) is 9.10. The molecule has 13 heavy (non-hydrogen) atoms. The van der Waals surface area contributed by atoms with Gasteiger partial charge in [-0.1, -0.05) is 12.1 Å². The molecule has 1 heterocycles. The third kappa shape index (κ3) is 2.05. The lowest BCUT2D eigenvalue weighted by molar-refractivity contribution is 0.430. The molecule has 1 saturated heterocycles. The molecular formula is C10H13FN2. The molecular weight excluding hydrogens is 167 g/mol. The summed E-state index contributed by atoms with van der Waals surface area (Å²) in [6, 6.07) is 7.01. The van der Waals surface area contributed by atoms with E-state index in [0.717, 1.165) is 25.2 Å². The van der Waals surface area contributed by atoms with Gasteiger partial charge in [-0.25, -0.2) is 4.39 Å². The monoisotopic (exact) mass is 180 g/mol. The van der Waals surface area contributed by atoms with E-state index in [4.69, 9.17) is 0 Å². The second kappa shape index (κ2) is 3.85. The van der Waals surface area contributed by atoms with Crippen LogP contribution in [0.15, 0.2) is 24.3 Å². The van der Waals surface area contributed by atoms with E-state index in [0.29, 0.717) is 6.04 Å². The predicted octanol–water partition coefficient (Wildman–Crippen LogP) is 1.06. The molecule has 1 fully saturated rings. The van der Waals surface area contributed by atoms with Gasteiger partial charge in [-0.2, -0.15) is 0 Å². The van der Waals surface area contributed by atoms with Crippen LogP contribution in [-0.4, -0.2) is 19.6 Å². The van der Waals surface area contributed by atoms with Crippen LogP contribution in [0.3, 0.4) is 0 Å². The first-order valence-electron chi connectivity index (χ1n) is 4.56. The van der Waals surface area contributed by atoms with Gasteiger partial charge in [0.05, 0.1) is 0 Å². The van der Waals surface area contributed by atoms with E-state index < -0.39 is 0 Å². The van der Waals surface area contributed by atoms with Gasteiger partial charge in [-0.05, 0) is 17.7 Å². The number of hydrogen-bond acceptors (Lipinski definition) is 2. The van der Waals surface area contributed by atoms with E-state index in [1.165, 1.54) is 12.1 Å². The van der Waals surface area contributed by atoms with Gasteiger partial charge in [0.1, 0.15) is 5.82 Å². The van der Waals surface area contributed by atoms with Crippen LogP contribution in [0.4, 0.5) is 4.39 Å². The molecule has 1 aromatic rings. The average molecular weight is 180 g/mol. The first-order chi connectivity index (χ1) is 6.36. The van der Waals surface area contributed by atoms with Crippen LogP contribution >= 0.6 is 0 Å². The van der Waals surface area contributed by atoms with Crippen molar-refractivity contribution in [3.05, 3.63) is 35.6 Å². The van der Waals surface area contributed by atoms with Crippen molar-refractivity contribution < 1.29 is 4.39 Å². The van der Waals surface area contributed by atoms with Crippen molar-refractivity contribution in [3.8, 4) is 0 Å². The Labute approximate surface area is 77.2 Å². The summed E-state index contributed by atoms with van der Waals surface area (Å²) in [6.07, 6.45) is 0. The minimum absolute atomic E-state index is 0.174. The van der Waals surface area contributed by atoms with Gasteiger partial charge in [-0.3, -0.25) is 0 Å². The first-order valence-corrected chi connectivity index (χ1v) is 4.56. The van der Waals surface area contributed by atoms with E-state index in [2.05, 4.69) is 10.6 Å². The SMILES string of the molecule is Fc1ccc([C@H]2CNCCN2)cc1. The van der Waals surface area contributed by atoms with Crippen LogP contribution in [0.5, 0.6) is 0 Å². The van der Waals surface area contributed by atoms with Gasteiger partial charge in [0, 0.05) is 25.7 Å². The van der Waals surface area contributed by atoms with E-state index in [-0.39, 0.29) is 5.82 Å². The Kier molecular flexibility index (Phi) is 2.57. The lowest BCUT2D eigenvalue weighted by Crippen LogP contribution is -2.42. The molecule has 2 rings (SSSR count). The molecule has 0 bridgehead atoms. The third-order valence-electron chi connectivity index (χ3n) is 2.31. The van der Waals surface area contributed by atoms with Crippen molar-refractivity contribution in [1.82, 2.24) is 10.6 Å². The smallest absolute Gasteiger partial charge is 0.123 e. The summed E-state index contributed by atoms with van der Waals surface area (Å²) >= 11 is 0. The number of rotatable bonds is 1. The molecule has 2 N–H and O–H groups in total. The molecule has 70 valence electrons. The zero-order valence-electron chi connectivity index (χ0n) is 7.39. The van der Waals surface area contributed by atoms with Gasteiger partial charge in [0.25, 0.3) is 0 Å². The van der Waals surface area contributed by atoms with Gasteiger partial charge in [0.2, 0.25) is 0 Å². The van der Waals surface area contributed by atoms with Crippen molar-refractivity contribution in [2.45, 2.75) is 6.04 Å². The van der Waals surface area contributed by atoms with Crippen LogP contribution in [0, 0.1) is 5.82 Å². The molecule has 1 atom stereocenters. The first kappa shape index (κ1) is 8.66. The fourth-order valence-electron chi connectivity index (χ4n) is 1.58. The number of piperazine rings is 1. The Hall–Kier alpha value is -0.930. The summed E-state index contributed by atoms with van der Waals surface area (Å²) in [6.45, 7) is 2.91. The Morgan fingerprint density at radius 1 is 1.15 bits per heavy atom. The zero-order valence-corrected chi connectivity index (χ0v) is 7.39. The molecule has 0 radical (unpaired) electrons. The minimum Gasteiger partial charge on any atom is -0.314 e. The summed E-state index contributed by atoms with van der Waals surface area (Å²) in [7, 11) is 0. The van der Waals surface area contributed by atoms with Crippen molar-refractivity contribution in [2.75, 3.05) is 19.6 Å². The Bertz CT molecular complexity index is 265. The topological polar surface area (TPSA) is 24.1 Å². The Balaban J connectivity index is 2.10. The van der Waals surface area contributed by atoms with Crippen molar-refractivity contribution in [2.24, 2.45) is 0 Å². The Morgan fingerprint density at radius 2 is 1.92 bits per heavy atom. The second-order valence-electron chi connectivity index (χ2n) is 3.26. The minimum atomic E-state index is -0.174. The quantitative estimate of drug-likeness (QED) is 0.675. The summed E-state index contributed by atoms with van der Waals surface area (Å²) in [5.74, 6) is -0.174. The van der Waals surface area contributed by atoms with Crippen LogP contribution in [0.2, 0.25) is 0 Å². The highest BCUT2D eigenvalue weighted by molar-refractivity contribution is 5.20.